The van der Waals surface area contributed by atoms with Crippen molar-refractivity contribution in [2.24, 2.45) is 0 Å². The molecular formula is C25H23N3O2. The van der Waals surface area contributed by atoms with Crippen molar-refractivity contribution in [3.8, 4) is 5.75 Å². The van der Waals surface area contributed by atoms with Gasteiger partial charge in [-0.15, -0.1) is 0 Å². The zero-order chi connectivity index (χ0) is 20.6. The highest BCUT2D eigenvalue weighted by atomic mass is 16.5. The molecule has 4 aromatic rings. The van der Waals surface area contributed by atoms with Crippen LogP contribution in [-0.4, -0.2) is 17.4 Å². The van der Waals surface area contributed by atoms with Crippen LogP contribution in [0.2, 0.25) is 0 Å². The predicted molar refractivity (Wildman–Crippen MR) is 121 cm³/mol. The minimum Gasteiger partial charge on any atom is -0.489 e. The Morgan fingerprint density at radius 3 is 2.50 bits per heavy atom. The van der Waals surface area contributed by atoms with Crippen molar-refractivity contribution >= 4 is 28.2 Å². The van der Waals surface area contributed by atoms with E-state index in [4.69, 9.17) is 4.74 Å². The van der Waals surface area contributed by atoms with E-state index < -0.39 is 0 Å². The lowest BCUT2D eigenvalue weighted by Gasteiger charge is -2.10. The van der Waals surface area contributed by atoms with Gasteiger partial charge in [0, 0.05) is 30.2 Å². The number of rotatable bonds is 8. The van der Waals surface area contributed by atoms with Crippen molar-refractivity contribution in [2.75, 3.05) is 17.2 Å². The fourth-order valence-electron chi connectivity index (χ4n) is 3.16. The van der Waals surface area contributed by atoms with Crippen molar-refractivity contribution in [3.05, 3.63) is 96.7 Å². The van der Waals surface area contributed by atoms with Gasteiger partial charge in [-0.05, 0) is 42.0 Å². The molecule has 0 aliphatic rings. The van der Waals surface area contributed by atoms with Crippen LogP contribution in [0.15, 0.2) is 91.1 Å². The number of amides is 1. The van der Waals surface area contributed by atoms with Crippen LogP contribution in [0.5, 0.6) is 5.75 Å². The number of hydrogen-bond donors (Lipinski definition) is 2. The Labute approximate surface area is 175 Å². The smallest absolute Gasteiger partial charge is 0.226 e. The lowest BCUT2D eigenvalue weighted by atomic mass is 10.2. The second kappa shape index (κ2) is 9.56. The summed E-state index contributed by atoms with van der Waals surface area (Å²) in [6.07, 6.45) is 2.13. The Balaban J connectivity index is 1.25. The number of carbonyl (C=O) groups excluding carboxylic acids is 1. The van der Waals surface area contributed by atoms with Gasteiger partial charge in [0.2, 0.25) is 5.91 Å². The molecule has 0 aliphatic carbocycles. The lowest BCUT2D eigenvalue weighted by molar-refractivity contribution is -0.115. The molecule has 0 radical (unpaired) electrons. The van der Waals surface area contributed by atoms with E-state index in [0.29, 0.717) is 19.6 Å². The first-order chi connectivity index (χ1) is 14.8. The van der Waals surface area contributed by atoms with Crippen LogP contribution in [0.3, 0.4) is 0 Å². The van der Waals surface area contributed by atoms with E-state index in [2.05, 4.69) is 15.6 Å². The second-order valence-corrected chi connectivity index (χ2v) is 6.90. The molecule has 0 bridgehead atoms. The average molecular weight is 397 g/mol. The van der Waals surface area contributed by atoms with Crippen molar-refractivity contribution in [3.63, 3.8) is 0 Å². The first-order valence-electron chi connectivity index (χ1n) is 9.92. The molecule has 5 nitrogen and oxygen atoms in total. The Bertz CT molecular complexity index is 1110. The van der Waals surface area contributed by atoms with Crippen LogP contribution >= 0.6 is 0 Å². The van der Waals surface area contributed by atoms with E-state index in [1.165, 1.54) is 0 Å². The maximum absolute atomic E-state index is 12.3. The minimum atomic E-state index is -0.0475. The van der Waals surface area contributed by atoms with Crippen LogP contribution < -0.4 is 15.4 Å². The van der Waals surface area contributed by atoms with Crippen LogP contribution in [0, 0.1) is 0 Å². The number of para-hydroxylation sites is 1. The average Bonchev–Trinajstić information content (AvgIpc) is 2.79. The van der Waals surface area contributed by atoms with Crippen LogP contribution in [-0.2, 0) is 11.4 Å². The fourth-order valence-corrected chi connectivity index (χ4v) is 3.16. The SMILES string of the molecule is O=C(CCNc1cccc2cccnc12)Nc1ccc(OCc2ccccc2)cc1. The standard InChI is InChI=1S/C25H23N3O2/c29-24(15-17-26-23-10-4-8-20-9-5-16-27-25(20)23)28-21-11-13-22(14-12-21)30-18-19-6-2-1-3-7-19/h1-14,16,26H,15,17-18H2,(H,28,29). The summed E-state index contributed by atoms with van der Waals surface area (Å²) in [6.45, 7) is 1.04. The first kappa shape index (κ1) is 19.5. The van der Waals surface area contributed by atoms with Gasteiger partial charge in [-0.3, -0.25) is 9.78 Å². The molecule has 1 amide bonds. The summed E-state index contributed by atoms with van der Waals surface area (Å²) in [5.74, 6) is 0.718. The molecule has 0 aliphatic heterocycles. The molecule has 3 aromatic carbocycles. The number of benzene rings is 3. The summed E-state index contributed by atoms with van der Waals surface area (Å²) in [5, 5.41) is 7.29. The summed E-state index contributed by atoms with van der Waals surface area (Å²) < 4.78 is 5.77. The molecule has 0 unspecified atom stereocenters. The van der Waals surface area contributed by atoms with E-state index in [-0.39, 0.29) is 5.91 Å². The molecule has 0 fully saturated rings. The van der Waals surface area contributed by atoms with E-state index in [0.717, 1.165) is 33.6 Å². The third-order valence-electron chi connectivity index (χ3n) is 4.69. The van der Waals surface area contributed by atoms with E-state index in [9.17, 15) is 4.79 Å². The van der Waals surface area contributed by atoms with Gasteiger partial charge in [-0.2, -0.15) is 0 Å². The number of anilines is 2. The van der Waals surface area contributed by atoms with Gasteiger partial charge in [-0.1, -0.05) is 48.5 Å². The van der Waals surface area contributed by atoms with E-state index >= 15 is 0 Å². The molecule has 0 saturated heterocycles. The highest BCUT2D eigenvalue weighted by molar-refractivity contribution is 5.92. The Hall–Kier alpha value is -3.86. The van der Waals surface area contributed by atoms with Gasteiger partial charge >= 0.3 is 0 Å². The highest BCUT2D eigenvalue weighted by Gasteiger charge is 2.05. The van der Waals surface area contributed by atoms with Crippen molar-refractivity contribution in [2.45, 2.75) is 13.0 Å². The molecule has 30 heavy (non-hydrogen) atoms. The maximum atomic E-state index is 12.3. The third-order valence-corrected chi connectivity index (χ3v) is 4.69. The van der Waals surface area contributed by atoms with Crippen LogP contribution in [0.1, 0.15) is 12.0 Å². The Morgan fingerprint density at radius 1 is 0.867 bits per heavy atom. The monoisotopic (exact) mass is 397 g/mol. The van der Waals surface area contributed by atoms with Crippen LogP contribution in [0.4, 0.5) is 11.4 Å². The zero-order valence-electron chi connectivity index (χ0n) is 16.5. The number of nitrogens with zero attached hydrogens (tertiary/aromatic N) is 1. The van der Waals surface area contributed by atoms with Gasteiger partial charge in [-0.25, -0.2) is 0 Å². The molecule has 2 N–H and O–H groups in total. The summed E-state index contributed by atoms with van der Waals surface area (Å²) >= 11 is 0. The van der Waals surface area contributed by atoms with Gasteiger partial charge in [0.1, 0.15) is 12.4 Å². The van der Waals surface area contributed by atoms with Crippen molar-refractivity contribution in [1.82, 2.24) is 4.98 Å². The van der Waals surface area contributed by atoms with Gasteiger partial charge in [0.15, 0.2) is 0 Å². The molecular weight excluding hydrogens is 374 g/mol. The quantitative estimate of drug-likeness (QED) is 0.426. The van der Waals surface area contributed by atoms with Gasteiger partial charge < -0.3 is 15.4 Å². The first-order valence-corrected chi connectivity index (χ1v) is 9.92. The normalized spacial score (nSPS) is 10.5. The topological polar surface area (TPSA) is 63.2 Å². The number of hydrogen-bond acceptors (Lipinski definition) is 4. The van der Waals surface area contributed by atoms with Gasteiger partial charge in [0.05, 0.1) is 11.2 Å². The summed E-state index contributed by atoms with van der Waals surface area (Å²) in [5.41, 5.74) is 3.70. The fraction of sp³-hybridized carbons (Fsp3) is 0.120. The minimum absolute atomic E-state index is 0.0475. The molecule has 150 valence electrons. The van der Waals surface area contributed by atoms with E-state index in [1.807, 2.05) is 84.9 Å². The molecule has 0 saturated carbocycles. The number of ether oxygens (including phenoxy) is 1. The Morgan fingerprint density at radius 2 is 1.67 bits per heavy atom. The Kier molecular flexibility index (Phi) is 6.20. The molecule has 4 rings (SSSR count). The number of carbonyl (C=O) groups is 1. The summed E-state index contributed by atoms with van der Waals surface area (Å²) in [4.78, 5) is 16.7. The molecule has 1 aromatic heterocycles. The van der Waals surface area contributed by atoms with Crippen LogP contribution in [0.25, 0.3) is 10.9 Å². The van der Waals surface area contributed by atoms with Crippen molar-refractivity contribution in [1.29, 1.82) is 0 Å². The number of aromatic nitrogens is 1. The molecule has 0 spiro atoms. The summed E-state index contributed by atoms with van der Waals surface area (Å²) in [7, 11) is 0. The lowest BCUT2D eigenvalue weighted by Crippen LogP contribution is -2.16. The van der Waals surface area contributed by atoms with Crippen molar-refractivity contribution < 1.29 is 9.53 Å². The number of nitrogens with one attached hydrogen (secondary N) is 2. The molecule has 5 heteroatoms. The highest BCUT2D eigenvalue weighted by Crippen LogP contribution is 2.21. The van der Waals surface area contributed by atoms with E-state index in [1.54, 1.807) is 6.20 Å². The van der Waals surface area contributed by atoms with Gasteiger partial charge in [0.25, 0.3) is 0 Å². The second-order valence-electron chi connectivity index (χ2n) is 6.90. The summed E-state index contributed by atoms with van der Waals surface area (Å²) in [6, 6.07) is 27.3. The third kappa shape index (κ3) is 5.14. The predicted octanol–water partition coefficient (Wildman–Crippen LogP) is 5.25. The maximum Gasteiger partial charge on any atom is 0.226 e. The molecule has 0 atom stereocenters. The number of pyridine rings is 1. The zero-order valence-corrected chi connectivity index (χ0v) is 16.5. The largest absolute Gasteiger partial charge is 0.489 e. The number of fused-ring (bicyclic) bond motifs is 1. The molecule has 1 heterocycles.